The van der Waals surface area contributed by atoms with Crippen LogP contribution in [-0.4, -0.2) is 31.1 Å². The second-order valence-electron chi connectivity index (χ2n) is 7.02. The molecule has 0 atom stereocenters. The fraction of sp³-hybridized carbons (Fsp3) is 0.400. The first kappa shape index (κ1) is 20.9. The number of hydrogen-bond acceptors (Lipinski definition) is 5. The van der Waals surface area contributed by atoms with Crippen LogP contribution in [0.15, 0.2) is 36.7 Å². The highest BCUT2D eigenvalue weighted by molar-refractivity contribution is 7.80. The smallest absolute Gasteiger partial charge is 0.188 e. The molecule has 2 aromatic rings. The van der Waals surface area contributed by atoms with Gasteiger partial charge in [-0.1, -0.05) is 26.8 Å². The third kappa shape index (κ3) is 6.08. The predicted molar refractivity (Wildman–Crippen MR) is 111 cm³/mol. The lowest BCUT2D eigenvalue weighted by Gasteiger charge is -2.26. The predicted octanol–water partition coefficient (Wildman–Crippen LogP) is 3.86. The Morgan fingerprint density at radius 1 is 1.22 bits per heavy atom. The van der Waals surface area contributed by atoms with Crippen molar-refractivity contribution in [1.82, 2.24) is 10.3 Å². The average molecular weight is 390 g/mol. The Morgan fingerprint density at radius 3 is 2.59 bits per heavy atom. The Hall–Kier alpha value is -2.38. The van der Waals surface area contributed by atoms with Gasteiger partial charge in [0.05, 0.1) is 12.8 Å². The van der Waals surface area contributed by atoms with E-state index in [0.29, 0.717) is 17.4 Å². The van der Waals surface area contributed by atoms with E-state index in [2.05, 4.69) is 36.4 Å². The van der Waals surface area contributed by atoms with E-state index in [4.69, 9.17) is 26.4 Å². The molecule has 0 aliphatic carbocycles. The summed E-state index contributed by atoms with van der Waals surface area (Å²) in [6, 6.07) is 7.71. The van der Waals surface area contributed by atoms with Crippen molar-refractivity contribution in [2.24, 2.45) is 0 Å². The first-order valence-electron chi connectivity index (χ1n) is 8.63. The molecule has 6 nitrogen and oxygen atoms in total. The summed E-state index contributed by atoms with van der Waals surface area (Å²) in [4.78, 5) is 4.10. The maximum absolute atomic E-state index is 5.87. The van der Waals surface area contributed by atoms with Crippen molar-refractivity contribution in [3.63, 3.8) is 0 Å². The van der Waals surface area contributed by atoms with Gasteiger partial charge in [0.25, 0.3) is 0 Å². The number of pyridine rings is 1. The minimum absolute atomic E-state index is 0.139. The van der Waals surface area contributed by atoms with Gasteiger partial charge < -0.3 is 24.8 Å². The summed E-state index contributed by atoms with van der Waals surface area (Å²) in [6.45, 7) is 7.06. The number of nitrogens with one attached hydrogen (secondary N) is 2. The van der Waals surface area contributed by atoms with Crippen molar-refractivity contribution < 1.29 is 14.2 Å². The van der Waals surface area contributed by atoms with Crippen LogP contribution in [0, 0.1) is 0 Å². The number of methoxy groups -OCH3 is 2. The fourth-order valence-electron chi connectivity index (χ4n) is 2.50. The monoisotopic (exact) mass is 389 g/mol. The molecule has 1 aromatic heterocycles. The summed E-state index contributed by atoms with van der Waals surface area (Å²) in [5, 5.41) is 6.88. The number of hydrogen-bond donors (Lipinski definition) is 2. The van der Waals surface area contributed by atoms with Crippen molar-refractivity contribution in [2.45, 2.75) is 32.7 Å². The molecule has 1 heterocycles. The van der Waals surface area contributed by atoms with Crippen LogP contribution in [0.25, 0.3) is 0 Å². The lowest BCUT2D eigenvalue weighted by atomic mass is 9.85. The highest BCUT2D eigenvalue weighted by Gasteiger charge is 2.24. The molecule has 0 bridgehead atoms. The van der Waals surface area contributed by atoms with Gasteiger partial charge >= 0.3 is 0 Å². The quantitative estimate of drug-likeness (QED) is 0.551. The van der Waals surface area contributed by atoms with Crippen LogP contribution in [0.5, 0.6) is 11.5 Å². The molecular formula is C20H27N3O3S. The summed E-state index contributed by atoms with van der Waals surface area (Å²) in [7, 11) is 3.23. The summed E-state index contributed by atoms with van der Waals surface area (Å²) >= 11 is 5.45. The van der Waals surface area contributed by atoms with Crippen molar-refractivity contribution in [3.8, 4) is 11.5 Å². The van der Waals surface area contributed by atoms with Crippen LogP contribution < -0.4 is 20.1 Å². The van der Waals surface area contributed by atoms with E-state index in [1.165, 1.54) is 0 Å². The number of nitrogens with zero attached hydrogens (tertiary/aromatic N) is 1. The van der Waals surface area contributed by atoms with Gasteiger partial charge in [-0.2, -0.15) is 0 Å². The van der Waals surface area contributed by atoms with Gasteiger partial charge in [-0.3, -0.25) is 4.98 Å². The van der Waals surface area contributed by atoms with E-state index in [-0.39, 0.29) is 12.2 Å². The minimum atomic E-state index is -0.154. The Bertz CT molecular complexity index is 761. The summed E-state index contributed by atoms with van der Waals surface area (Å²) in [5.41, 5.74) is 2.61. The number of rotatable bonds is 7. The zero-order valence-electron chi connectivity index (χ0n) is 16.5. The third-order valence-electron chi connectivity index (χ3n) is 3.85. The largest absolute Gasteiger partial charge is 0.497 e. The zero-order valence-corrected chi connectivity index (χ0v) is 17.3. The fourth-order valence-corrected chi connectivity index (χ4v) is 2.68. The molecule has 27 heavy (non-hydrogen) atoms. The van der Waals surface area contributed by atoms with Crippen LogP contribution in [0.1, 0.15) is 31.9 Å². The molecule has 0 saturated carbocycles. The number of anilines is 1. The molecule has 0 aliphatic rings. The van der Waals surface area contributed by atoms with Crippen LogP contribution in [-0.2, 0) is 16.7 Å². The van der Waals surface area contributed by atoms with E-state index in [1.54, 1.807) is 26.6 Å². The van der Waals surface area contributed by atoms with Gasteiger partial charge in [0.2, 0.25) is 0 Å². The molecule has 0 unspecified atom stereocenters. The highest BCUT2D eigenvalue weighted by atomic mass is 32.1. The molecule has 2 N–H and O–H groups in total. The molecule has 7 heteroatoms. The summed E-state index contributed by atoms with van der Waals surface area (Å²) in [5.74, 6) is 1.41. The molecule has 146 valence electrons. The van der Waals surface area contributed by atoms with Gasteiger partial charge in [-0.15, -0.1) is 0 Å². The third-order valence-corrected chi connectivity index (χ3v) is 4.10. The second kappa shape index (κ2) is 9.53. The molecule has 0 saturated heterocycles. The molecule has 1 aromatic carbocycles. The Morgan fingerprint density at radius 2 is 2.00 bits per heavy atom. The van der Waals surface area contributed by atoms with Crippen molar-refractivity contribution in [2.75, 3.05) is 26.3 Å². The van der Waals surface area contributed by atoms with E-state index in [0.717, 1.165) is 22.6 Å². The van der Waals surface area contributed by atoms with Gasteiger partial charge in [-0.05, 0) is 35.3 Å². The molecule has 0 radical (unpaired) electrons. The van der Waals surface area contributed by atoms with Crippen LogP contribution in [0.3, 0.4) is 0 Å². The molecule has 0 spiro atoms. The van der Waals surface area contributed by atoms with Gasteiger partial charge in [0.1, 0.15) is 11.5 Å². The number of benzene rings is 1. The molecule has 0 amide bonds. The molecular weight excluding hydrogens is 362 g/mol. The normalized spacial score (nSPS) is 11.0. The van der Waals surface area contributed by atoms with Crippen LogP contribution in [0.2, 0.25) is 0 Å². The summed E-state index contributed by atoms with van der Waals surface area (Å²) < 4.78 is 16.4. The topological polar surface area (TPSA) is 64.6 Å². The van der Waals surface area contributed by atoms with Crippen molar-refractivity contribution in [1.29, 1.82) is 0 Å². The Kier molecular flexibility index (Phi) is 7.38. The Balaban J connectivity index is 2.25. The van der Waals surface area contributed by atoms with Crippen LogP contribution >= 0.6 is 12.2 Å². The maximum atomic E-state index is 5.87. The average Bonchev–Trinajstić information content (AvgIpc) is 2.65. The molecule has 2 rings (SSSR count). The first-order valence-corrected chi connectivity index (χ1v) is 9.04. The zero-order chi connectivity index (χ0) is 19.9. The molecule has 0 aliphatic heterocycles. The first-order chi connectivity index (χ1) is 12.8. The van der Waals surface area contributed by atoms with Crippen molar-refractivity contribution >= 4 is 23.0 Å². The van der Waals surface area contributed by atoms with Gasteiger partial charge in [0.15, 0.2) is 11.9 Å². The summed E-state index contributed by atoms with van der Waals surface area (Å²) in [6.07, 6.45) is 3.54. The second-order valence-corrected chi connectivity index (χ2v) is 7.43. The SMILES string of the molecule is COCOc1c(NC(=S)NCc2cccnc2)cc(OC)cc1C(C)(C)C. The van der Waals surface area contributed by atoms with E-state index in [1.807, 2.05) is 24.3 Å². The van der Waals surface area contributed by atoms with Gasteiger partial charge in [-0.25, -0.2) is 0 Å². The number of aromatic nitrogens is 1. The van der Waals surface area contributed by atoms with E-state index in [9.17, 15) is 0 Å². The lowest BCUT2D eigenvalue weighted by molar-refractivity contribution is 0.0503. The van der Waals surface area contributed by atoms with E-state index < -0.39 is 0 Å². The number of thiocarbonyl (C=S) groups is 1. The Labute approximate surface area is 166 Å². The van der Waals surface area contributed by atoms with Crippen molar-refractivity contribution in [3.05, 3.63) is 47.8 Å². The van der Waals surface area contributed by atoms with Gasteiger partial charge in [0, 0.05) is 37.7 Å². The molecule has 0 fully saturated rings. The maximum Gasteiger partial charge on any atom is 0.188 e. The lowest BCUT2D eigenvalue weighted by Crippen LogP contribution is -2.28. The highest BCUT2D eigenvalue weighted by Crippen LogP contribution is 2.40. The minimum Gasteiger partial charge on any atom is -0.497 e. The number of ether oxygens (including phenoxy) is 3. The van der Waals surface area contributed by atoms with Crippen LogP contribution in [0.4, 0.5) is 5.69 Å². The van der Waals surface area contributed by atoms with E-state index >= 15 is 0 Å². The standard InChI is InChI=1S/C20H27N3O3S/c1-20(2,3)16-9-15(25-5)10-17(18(16)26-13-24-4)23-19(27)22-12-14-7-6-8-21-11-14/h6-11H,12-13H2,1-5H3,(H2,22,23,27).